The fourth-order valence-corrected chi connectivity index (χ4v) is 6.22. The van der Waals surface area contributed by atoms with Gasteiger partial charge in [-0.1, -0.05) is 36.4 Å². The van der Waals surface area contributed by atoms with Crippen molar-refractivity contribution in [3.8, 4) is 11.5 Å². The average molecular weight is 605 g/mol. The number of likely N-dealkylation sites (N-methyl/N-ethyl adjacent to an activating group) is 1. The minimum Gasteiger partial charge on any atom is -0.457 e. The number of rotatable bonds is 2. The van der Waals surface area contributed by atoms with Gasteiger partial charge in [0.05, 0.1) is 36.4 Å². The molecule has 4 bridgehead atoms. The maximum atomic E-state index is 14.1. The van der Waals surface area contributed by atoms with Crippen LogP contribution in [0.5, 0.6) is 11.5 Å². The van der Waals surface area contributed by atoms with Gasteiger partial charge in [-0.3, -0.25) is 19.4 Å². The third kappa shape index (κ3) is 6.13. The molecule has 3 aromatic carbocycles. The molecule has 1 saturated heterocycles. The van der Waals surface area contributed by atoms with E-state index >= 15 is 0 Å². The molecule has 3 heterocycles. The first-order valence-electron chi connectivity index (χ1n) is 15.6. The van der Waals surface area contributed by atoms with Crippen LogP contribution in [0.3, 0.4) is 0 Å². The van der Waals surface area contributed by atoms with E-state index in [0.717, 1.165) is 40.6 Å². The van der Waals surface area contributed by atoms with Crippen LogP contribution in [-0.2, 0) is 16.1 Å². The van der Waals surface area contributed by atoms with Gasteiger partial charge in [0, 0.05) is 42.7 Å². The topological polar surface area (TPSA) is 101 Å². The highest BCUT2D eigenvalue weighted by Gasteiger charge is 2.35. The second kappa shape index (κ2) is 12.0. The van der Waals surface area contributed by atoms with Crippen molar-refractivity contribution in [3.63, 3.8) is 0 Å². The number of hydrogen-bond acceptors (Lipinski definition) is 6. The van der Waals surface area contributed by atoms with Gasteiger partial charge < -0.3 is 24.6 Å². The maximum Gasteiger partial charge on any atom is 0.254 e. The fourth-order valence-electron chi connectivity index (χ4n) is 6.22. The number of nitrogens with zero attached hydrogens (tertiary/aromatic N) is 3. The van der Waals surface area contributed by atoms with E-state index in [4.69, 9.17) is 14.5 Å². The molecule has 9 nitrogen and oxygen atoms in total. The smallest absolute Gasteiger partial charge is 0.254 e. The highest BCUT2D eigenvalue weighted by Crippen LogP contribution is 2.40. The molecule has 230 valence electrons. The first kappa shape index (κ1) is 29.0. The molecule has 0 unspecified atom stereocenters. The molecule has 1 aromatic heterocycles. The Kier molecular flexibility index (Phi) is 7.71. The molecule has 1 N–H and O–H groups in total. The number of aromatic nitrogens is 1. The summed E-state index contributed by atoms with van der Waals surface area (Å²) in [4.78, 5) is 48.8. The van der Waals surface area contributed by atoms with Crippen molar-refractivity contribution >= 4 is 28.6 Å². The molecular weight excluding hydrogens is 568 g/mol. The summed E-state index contributed by atoms with van der Waals surface area (Å²) in [6.07, 6.45) is 2.39. The number of pyridine rings is 1. The molecule has 2 aliphatic heterocycles. The lowest BCUT2D eigenvalue weighted by atomic mass is 9.99. The zero-order valence-corrected chi connectivity index (χ0v) is 25.5. The second-order valence-corrected chi connectivity index (χ2v) is 12.3. The van der Waals surface area contributed by atoms with E-state index in [-0.39, 0.29) is 36.9 Å². The van der Waals surface area contributed by atoms with Crippen molar-refractivity contribution in [1.29, 1.82) is 0 Å². The molecule has 2 atom stereocenters. The van der Waals surface area contributed by atoms with Gasteiger partial charge in [-0.25, -0.2) is 0 Å². The monoisotopic (exact) mass is 604 g/mol. The van der Waals surface area contributed by atoms with Crippen LogP contribution >= 0.6 is 0 Å². The molecule has 1 saturated carbocycles. The van der Waals surface area contributed by atoms with E-state index in [0.29, 0.717) is 48.1 Å². The number of ether oxygens (including phenoxy) is 2. The number of amides is 3. The van der Waals surface area contributed by atoms with E-state index in [9.17, 15) is 14.4 Å². The van der Waals surface area contributed by atoms with Gasteiger partial charge >= 0.3 is 0 Å². The average Bonchev–Trinajstić information content (AvgIpc) is 3.90. The van der Waals surface area contributed by atoms with Gasteiger partial charge in [0.15, 0.2) is 0 Å². The molecule has 3 amide bonds. The van der Waals surface area contributed by atoms with E-state index in [1.165, 1.54) is 4.90 Å². The summed E-state index contributed by atoms with van der Waals surface area (Å²) >= 11 is 0. The van der Waals surface area contributed by atoms with Crippen LogP contribution in [0.4, 0.5) is 0 Å². The Balaban J connectivity index is 1.17. The van der Waals surface area contributed by atoms with Crippen LogP contribution in [0.1, 0.15) is 62.7 Å². The number of benzene rings is 3. The zero-order valence-electron chi connectivity index (χ0n) is 25.5. The highest BCUT2D eigenvalue weighted by molar-refractivity contribution is 6.06. The third-order valence-corrected chi connectivity index (χ3v) is 8.90. The van der Waals surface area contributed by atoms with Crippen molar-refractivity contribution in [2.75, 3.05) is 26.7 Å². The Hall–Kier alpha value is -4.76. The number of hydrogen-bond donors (Lipinski definition) is 1. The molecule has 4 aromatic rings. The van der Waals surface area contributed by atoms with Crippen LogP contribution in [0.15, 0.2) is 72.8 Å². The van der Waals surface area contributed by atoms with E-state index < -0.39 is 6.04 Å². The van der Waals surface area contributed by atoms with Gasteiger partial charge in [-0.2, -0.15) is 0 Å². The molecular formula is C36H36N4O5. The van der Waals surface area contributed by atoms with Crippen molar-refractivity contribution in [2.24, 2.45) is 0 Å². The maximum absolute atomic E-state index is 14.1. The summed E-state index contributed by atoms with van der Waals surface area (Å²) < 4.78 is 12.6. The quantitative estimate of drug-likeness (QED) is 0.337. The van der Waals surface area contributed by atoms with Crippen molar-refractivity contribution in [1.82, 2.24) is 20.1 Å². The molecule has 9 heteroatoms. The van der Waals surface area contributed by atoms with Gasteiger partial charge in [-0.15, -0.1) is 0 Å². The van der Waals surface area contributed by atoms with E-state index in [1.807, 2.05) is 67.6 Å². The van der Waals surface area contributed by atoms with Crippen LogP contribution in [0.2, 0.25) is 0 Å². The zero-order chi connectivity index (χ0) is 31.1. The minimum atomic E-state index is -0.465. The molecule has 2 fully saturated rings. The molecule has 0 radical (unpaired) electrons. The summed E-state index contributed by atoms with van der Waals surface area (Å²) in [5.74, 6) is 0.934. The number of fused-ring (bicyclic) bond motifs is 6. The number of carbonyl (C=O) groups excluding carboxylic acids is 3. The van der Waals surface area contributed by atoms with Gasteiger partial charge in [0.25, 0.3) is 11.8 Å². The molecule has 45 heavy (non-hydrogen) atoms. The van der Waals surface area contributed by atoms with Gasteiger partial charge in [0.1, 0.15) is 11.5 Å². The number of aryl methyl sites for hydroxylation is 1. The number of piperidine rings is 1. The Morgan fingerprint density at radius 2 is 1.82 bits per heavy atom. The van der Waals surface area contributed by atoms with Crippen molar-refractivity contribution < 1.29 is 23.9 Å². The first-order chi connectivity index (χ1) is 21.8. The highest BCUT2D eigenvalue weighted by atomic mass is 16.5. The number of carbonyl (C=O) groups is 3. The van der Waals surface area contributed by atoms with Crippen LogP contribution in [0, 0.1) is 6.92 Å². The van der Waals surface area contributed by atoms with Crippen LogP contribution in [0.25, 0.3) is 10.9 Å². The predicted molar refractivity (Wildman–Crippen MR) is 169 cm³/mol. The Labute approximate surface area is 262 Å². The lowest BCUT2D eigenvalue weighted by molar-refractivity contribution is -0.124. The second-order valence-electron chi connectivity index (χ2n) is 12.3. The molecule has 7 rings (SSSR count). The Morgan fingerprint density at radius 3 is 2.67 bits per heavy atom. The normalized spacial score (nSPS) is 20.8. The molecule has 1 aliphatic carbocycles. The number of para-hydroxylation sites is 1. The SMILES string of the molecule is Cc1ccc2cc1Oc1cccc(c1)CO[C@@H]1CCN(C(=O)c3cc(C4CC4)nc4ccccc34)C[C@@H]1NC(=O)CN(C)C2=O. The van der Waals surface area contributed by atoms with Gasteiger partial charge in [0.2, 0.25) is 5.91 Å². The summed E-state index contributed by atoms with van der Waals surface area (Å²) in [6.45, 7) is 2.87. The van der Waals surface area contributed by atoms with Crippen LogP contribution in [-0.4, -0.2) is 71.3 Å². The molecule has 3 aliphatic rings. The van der Waals surface area contributed by atoms with E-state index in [2.05, 4.69) is 5.32 Å². The summed E-state index contributed by atoms with van der Waals surface area (Å²) in [5, 5.41) is 3.93. The Morgan fingerprint density at radius 1 is 0.978 bits per heavy atom. The predicted octanol–water partition coefficient (Wildman–Crippen LogP) is 5.21. The lowest BCUT2D eigenvalue weighted by Gasteiger charge is -2.39. The van der Waals surface area contributed by atoms with E-state index in [1.54, 1.807) is 24.1 Å². The minimum absolute atomic E-state index is 0.0809. The van der Waals surface area contributed by atoms with Gasteiger partial charge in [-0.05, 0) is 73.7 Å². The number of likely N-dealkylation sites (tertiary alicyclic amines) is 1. The molecule has 0 spiro atoms. The van der Waals surface area contributed by atoms with Crippen molar-refractivity contribution in [3.05, 3.63) is 101 Å². The largest absolute Gasteiger partial charge is 0.457 e. The summed E-state index contributed by atoms with van der Waals surface area (Å²) in [6, 6.07) is 22.2. The Bertz CT molecular complexity index is 1800. The standard InChI is InChI=1S/C36H36N4O5/c1-22-10-11-25-17-33(22)45-26-7-5-6-23(16-26)21-44-32-14-15-40(19-31(32)38-34(41)20-39(2)35(25)42)36(43)28-18-30(24-12-13-24)37-29-9-4-3-8-27(28)29/h3-11,16-18,24,31-32H,12-15,19-21H2,1-2H3,(H,38,41)/t31-,32+/m0/s1. The van der Waals surface area contributed by atoms with Crippen LogP contribution < -0.4 is 10.1 Å². The number of nitrogens with one attached hydrogen (secondary N) is 1. The first-order valence-corrected chi connectivity index (χ1v) is 15.6. The summed E-state index contributed by atoms with van der Waals surface area (Å²) in [7, 11) is 1.60. The fraction of sp³-hybridized carbons (Fsp3) is 0.333. The summed E-state index contributed by atoms with van der Waals surface area (Å²) in [5.41, 5.74) is 4.67. The lowest BCUT2D eigenvalue weighted by Crippen LogP contribution is -2.58. The third-order valence-electron chi connectivity index (χ3n) is 8.90. The van der Waals surface area contributed by atoms with Crippen molar-refractivity contribution in [2.45, 2.75) is 50.9 Å².